The van der Waals surface area contributed by atoms with Crippen LogP contribution in [0.15, 0.2) is 36.8 Å². The Labute approximate surface area is 141 Å². The SMILES string of the molecule is CN(C)c1ccnc(N2CCCC(NC(=O)c3ccncc3)C2)n1. The van der Waals surface area contributed by atoms with Crippen molar-refractivity contribution < 1.29 is 4.79 Å². The van der Waals surface area contributed by atoms with Crippen LogP contribution in [-0.4, -0.2) is 54.1 Å². The highest BCUT2D eigenvalue weighted by Gasteiger charge is 2.23. The van der Waals surface area contributed by atoms with Gasteiger partial charge in [0, 0.05) is 57.4 Å². The highest BCUT2D eigenvalue weighted by Crippen LogP contribution is 2.18. The van der Waals surface area contributed by atoms with Crippen LogP contribution in [0.2, 0.25) is 0 Å². The zero-order chi connectivity index (χ0) is 16.9. The van der Waals surface area contributed by atoms with Gasteiger partial charge >= 0.3 is 0 Å². The van der Waals surface area contributed by atoms with E-state index in [0.29, 0.717) is 18.1 Å². The zero-order valence-corrected chi connectivity index (χ0v) is 14.0. The molecule has 0 saturated carbocycles. The lowest BCUT2D eigenvalue weighted by molar-refractivity contribution is 0.0933. The van der Waals surface area contributed by atoms with Gasteiger partial charge < -0.3 is 15.1 Å². The molecule has 24 heavy (non-hydrogen) atoms. The molecule has 0 radical (unpaired) electrons. The summed E-state index contributed by atoms with van der Waals surface area (Å²) in [5.41, 5.74) is 0.632. The summed E-state index contributed by atoms with van der Waals surface area (Å²) in [4.78, 5) is 29.3. The third-order valence-corrected chi connectivity index (χ3v) is 4.07. The quantitative estimate of drug-likeness (QED) is 0.914. The summed E-state index contributed by atoms with van der Waals surface area (Å²) in [5.74, 6) is 1.53. The molecule has 1 saturated heterocycles. The number of pyridine rings is 1. The van der Waals surface area contributed by atoms with Gasteiger partial charge in [-0.25, -0.2) is 4.98 Å². The number of nitrogens with one attached hydrogen (secondary N) is 1. The van der Waals surface area contributed by atoms with E-state index >= 15 is 0 Å². The zero-order valence-electron chi connectivity index (χ0n) is 14.0. The van der Waals surface area contributed by atoms with Gasteiger partial charge in [0.1, 0.15) is 5.82 Å². The first kappa shape index (κ1) is 16.2. The van der Waals surface area contributed by atoms with Gasteiger partial charge in [0.05, 0.1) is 0 Å². The lowest BCUT2D eigenvalue weighted by atomic mass is 10.1. The largest absolute Gasteiger partial charge is 0.363 e. The van der Waals surface area contributed by atoms with E-state index in [-0.39, 0.29) is 11.9 Å². The van der Waals surface area contributed by atoms with Crippen molar-refractivity contribution in [3.63, 3.8) is 0 Å². The minimum Gasteiger partial charge on any atom is -0.363 e. The predicted molar refractivity (Wildman–Crippen MR) is 93.3 cm³/mol. The monoisotopic (exact) mass is 326 g/mol. The molecule has 7 nitrogen and oxygen atoms in total. The number of carbonyl (C=O) groups is 1. The molecule has 1 unspecified atom stereocenters. The number of hydrogen-bond donors (Lipinski definition) is 1. The van der Waals surface area contributed by atoms with E-state index in [1.807, 2.05) is 25.1 Å². The highest BCUT2D eigenvalue weighted by atomic mass is 16.1. The van der Waals surface area contributed by atoms with Crippen molar-refractivity contribution in [2.24, 2.45) is 0 Å². The topological polar surface area (TPSA) is 74.2 Å². The second-order valence-corrected chi connectivity index (χ2v) is 6.10. The average Bonchev–Trinajstić information content (AvgIpc) is 2.63. The fourth-order valence-corrected chi connectivity index (χ4v) is 2.79. The van der Waals surface area contributed by atoms with Crippen molar-refractivity contribution in [1.82, 2.24) is 20.3 Å². The molecule has 2 aromatic rings. The Balaban J connectivity index is 1.66. The summed E-state index contributed by atoms with van der Waals surface area (Å²) in [6, 6.07) is 5.42. The normalized spacial score (nSPS) is 17.4. The molecule has 2 aromatic heterocycles. The van der Waals surface area contributed by atoms with Crippen molar-refractivity contribution in [2.75, 3.05) is 37.0 Å². The third-order valence-electron chi connectivity index (χ3n) is 4.07. The number of amides is 1. The van der Waals surface area contributed by atoms with Crippen LogP contribution < -0.4 is 15.1 Å². The van der Waals surface area contributed by atoms with E-state index in [1.165, 1.54) is 0 Å². The second kappa shape index (κ2) is 7.25. The molecule has 0 aromatic carbocycles. The van der Waals surface area contributed by atoms with Crippen molar-refractivity contribution in [3.8, 4) is 0 Å². The molecule has 126 valence electrons. The van der Waals surface area contributed by atoms with Gasteiger partial charge in [-0.1, -0.05) is 0 Å². The maximum absolute atomic E-state index is 12.3. The van der Waals surface area contributed by atoms with E-state index < -0.39 is 0 Å². The highest BCUT2D eigenvalue weighted by molar-refractivity contribution is 5.94. The molecule has 1 N–H and O–H groups in total. The van der Waals surface area contributed by atoms with Gasteiger partial charge in [-0.15, -0.1) is 0 Å². The van der Waals surface area contributed by atoms with Gasteiger partial charge in [0.15, 0.2) is 0 Å². The molecule has 1 atom stereocenters. The first-order valence-electron chi connectivity index (χ1n) is 8.09. The first-order chi connectivity index (χ1) is 11.6. The Morgan fingerprint density at radius 2 is 2.04 bits per heavy atom. The minimum atomic E-state index is -0.0628. The second-order valence-electron chi connectivity index (χ2n) is 6.10. The van der Waals surface area contributed by atoms with E-state index in [1.54, 1.807) is 30.7 Å². The van der Waals surface area contributed by atoms with Crippen LogP contribution in [0.4, 0.5) is 11.8 Å². The van der Waals surface area contributed by atoms with Gasteiger partial charge in [0.25, 0.3) is 5.91 Å². The lowest BCUT2D eigenvalue weighted by Gasteiger charge is -2.33. The van der Waals surface area contributed by atoms with Crippen LogP contribution >= 0.6 is 0 Å². The molecule has 3 rings (SSSR count). The number of piperidine rings is 1. The van der Waals surface area contributed by atoms with Gasteiger partial charge in [-0.05, 0) is 31.0 Å². The number of nitrogens with zero attached hydrogens (tertiary/aromatic N) is 5. The van der Waals surface area contributed by atoms with Gasteiger partial charge in [-0.2, -0.15) is 4.98 Å². The number of hydrogen-bond acceptors (Lipinski definition) is 6. The van der Waals surface area contributed by atoms with Gasteiger partial charge in [-0.3, -0.25) is 9.78 Å². The van der Waals surface area contributed by atoms with Crippen LogP contribution in [0.25, 0.3) is 0 Å². The summed E-state index contributed by atoms with van der Waals surface area (Å²) in [7, 11) is 3.92. The molecule has 0 spiro atoms. The Kier molecular flexibility index (Phi) is 4.88. The smallest absolute Gasteiger partial charge is 0.251 e. The Bertz CT molecular complexity index is 690. The molecule has 1 amide bonds. The van der Waals surface area contributed by atoms with Crippen molar-refractivity contribution in [3.05, 3.63) is 42.4 Å². The van der Waals surface area contributed by atoms with Crippen LogP contribution in [-0.2, 0) is 0 Å². The Morgan fingerprint density at radius 3 is 2.79 bits per heavy atom. The molecule has 0 aliphatic carbocycles. The predicted octanol–water partition coefficient (Wildman–Crippen LogP) is 1.34. The Hall–Kier alpha value is -2.70. The van der Waals surface area contributed by atoms with Crippen LogP contribution in [0.3, 0.4) is 0 Å². The van der Waals surface area contributed by atoms with Crippen LogP contribution in [0.1, 0.15) is 23.2 Å². The van der Waals surface area contributed by atoms with E-state index in [9.17, 15) is 4.79 Å². The maximum Gasteiger partial charge on any atom is 0.251 e. The number of aromatic nitrogens is 3. The molecule has 1 aliphatic heterocycles. The summed E-state index contributed by atoms with van der Waals surface area (Å²) in [5, 5.41) is 3.10. The first-order valence-corrected chi connectivity index (χ1v) is 8.09. The standard InChI is InChI=1S/C17H22N6O/c1-22(2)15-7-10-19-17(21-15)23-11-3-4-14(12-23)20-16(24)13-5-8-18-9-6-13/h5-10,14H,3-4,11-12H2,1-2H3,(H,20,24). The van der Waals surface area contributed by atoms with Crippen molar-refractivity contribution >= 4 is 17.7 Å². The number of carbonyl (C=O) groups excluding carboxylic acids is 1. The molecule has 1 aliphatic rings. The lowest BCUT2D eigenvalue weighted by Crippen LogP contribution is -2.48. The van der Waals surface area contributed by atoms with E-state index in [2.05, 4.69) is 25.2 Å². The third kappa shape index (κ3) is 3.79. The number of anilines is 2. The van der Waals surface area contributed by atoms with Crippen LogP contribution in [0, 0.1) is 0 Å². The summed E-state index contributed by atoms with van der Waals surface area (Å²) in [6.07, 6.45) is 6.99. The summed E-state index contributed by atoms with van der Waals surface area (Å²) >= 11 is 0. The molecular formula is C17H22N6O. The average molecular weight is 326 g/mol. The molecular weight excluding hydrogens is 304 g/mol. The Morgan fingerprint density at radius 1 is 1.25 bits per heavy atom. The molecule has 1 fully saturated rings. The molecule has 3 heterocycles. The van der Waals surface area contributed by atoms with Crippen molar-refractivity contribution in [2.45, 2.75) is 18.9 Å². The van der Waals surface area contributed by atoms with Crippen LogP contribution in [0.5, 0.6) is 0 Å². The fraction of sp³-hybridized carbons (Fsp3) is 0.412. The molecule has 0 bridgehead atoms. The van der Waals surface area contributed by atoms with E-state index in [0.717, 1.165) is 25.2 Å². The maximum atomic E-state index is 12.3. The summed E-state index contributed by atoms with van der Waals surface area (Å²) in [6.45, 7) is 1.62. The van der Waals surface area contributed by atoms with Crippen molar-refractivity contribution in [1.29, 1.82) is 0 Å². The van der Waals surface area contributed by atoms with E-state index in [4.69, 9.17) is 0 Å². The molecule has 7 heteroatoms. The fourth-order valence-electron chi connectivity index (χ4n) is 2.79. The summed E-state index contributed by atoms with van der Waals surface area (Å²) < 4.78 is 0. The minimum absolute atomic E-state index is 0.0628. The number of rotatable bonds is 4. The van der Waals surface area contributed by atoms with Gasteiger partial charge in [0.2, 0.25) is 5.95 Å².